The number of phenols is 1. The van der Waals surface area contributed by atoms with Crippen molar-refractivity contribution in [3.8, 4) is 5.75 Å². The normalized spacial score (nSPS) is 11.7. The molecule has 0 saturated carbocycles. The molecular formula is C11H15ClFNO3. The first kappa shape index (κ1) is 15.7. The second-order valence-electron chi connectivity index (χ2n) is 3.56. The number of benzene rings is 1. The second kappa shape index (κ2) is 6.42. The summed E-state index contributed by atoms with van der Waals surface area (Å²) in [5.41, 5.74) is 5.23. The van der Waals surface area contributed by atoms with Crippen molar-refractivity contribution in [3.05, 3.63) is 29.1 Å². The number of rotatable bonds is 4. The number of aromatic carboxylic acids is 1. The van der Waals surface area contributed by atoms with Gasteiger partial charge in [0, 0.05) is 11.6 Å². The van der Waals surface area contributed by atoms with Crippen LogP contribution >= 0.6 is 12.4 Å². The molecule has 0 spiro atoms. The van der Waals surface area contributed by atoms with Crippen molar-refractivity contribution < 1.29 is 19.4 Å². The molecule has 0 saturated heterocycles. The standard InChI is InChI=1S/C11H14FNO3.ClH/c1-2-3-8(13)9-7(12)5-4-6(10(9)14)11(15)16;/h4-5,8,14H,2-3,13H2,1H3,(H,15,16);1H/t8-;/m0./s1. The Morgan fingerprint density at radius 3 is 2.59 bits per heavy atom. The maximum atomic E-state index is 13.4. The number of hydrogen-bond donors (Lipinski definition) is 3. The molecule has 4 N–H and O–H groups in total. The van der Waals surface area contributed by atoms with Crippen molar-refractivity contribution in [2.45, 2.75) is 25.8 Å². The van der Waals surface area contributed by atoms with Crippen LogP contribution in [-0.4, -0.2) is 16.2 Å². The van der Waals surface area contributed by atoms with Crippen LogP contribution in [0.1, 0.15) is 41.7 Å². The summed E-state index contributed by atoms with van der Waals surface area (Å²) in [5.74, 6) is -2.56. The van der Waals surface area contributed by atoms with Crippen LogP contribution in [0.3, 0.4) is 0 Å². The second-order valence-corrected chi connectivity index (χ2v) is 3.56. The molecule has 96 valence electrons. The van der Waals surface area contributed by atoms with E-state index in [-0.39, 0.29) is 23.5 Å². The molecular weight excluding hydrogens is 249 g/mol. The number of aromatic hydroxyl groups is 1. The maximum absolute atomic E-state index is 13.4. The van der Waals surface area contributed by atoms with Gasteiger partial charge >= 0.3 is 5.97 Å². The van der Waals surface area contributed by atoms with Gasteiger partial charge in [-0.25, -0.2) is 9.18 Å². The van der Waals surface area contributed by atoms with E-state index in [1.54, 1.807) is 0 Å². The van der Waals surface area contributed by atoms with Gasteiger partial charge < -0.3 is 15.9 Å². The lowest BCUT2D eigenvalue weighted by Gasteiger charge is -2.14. The highest BCUT2D eigenvalue weighted by atomic mass is 35.5. The van der Waals surface area contributed by atoms with E-state index in [2.05, 4.69) is 0 Å². The average molecular weight is 264 g/mol. The van der Waals surface area contributed by atoms with E-state index in [0.717, 1.165) is 18.6 Å². The molecule has 17 heavy (non-hydrogen) atoms. The number of hydrogen-bond acceptors (Lipinski definition) is 3. The monoisotopic (exact) mass is 263 g/mol. The molecule has 0 aliphatic rings. The fourth-order valence-corrected chi connectivity index (χ4v) is 1.56. The van der Waals surface area contributed by atoms with Crippen molar-refractivity contribution >= 4 is 18.4 Å². The number of halogens is 2. The van der Waals surface area contributed by atoms with E-state index in [0.29, 0.717) is 6.42 Å². The van der Waals surface area contributed by atoms with Crippen LogP contribution < -0.4 is 5.73 Å². The van der Waals surface area contributed by atoms with Gasteiger partial charge in [0.2, 0.25) is 0 Å². The van der Waals surface area contributed by atoms with E-state index in [1.807, 2.05) is 6.92 Å². The summed E-state index contributed by atoms with van der Waals surface area (Å²) in [6.07, 6.45) is 1.20. The Kier molecular flexibility index (Phi) is 5.91. The van der Waals surface area contributed by atoms with Gasteiger partial charge in [-0.05, 0) is 18.6 Å². The molecule has 0 aromatic heterocycles. The minimum absolute atomic E-state index is 0. The highest BCUT2D eigenvalue weighted by Crippen LogP contribution is 2.31. The third-order valence-corrected chi connectivity index (χ3v) is 2.36. The van der Waals surface area contributed by atoms with E-state index >= 15 is 0 Å². The summed E-state index contributed by atoms with van der Waals surface area (Å²) in [5, 5.41) is 18.4. The average Bonchev–Trinajstić information content (AvgIpc) is 2.17. The Morgan fingerprint density at radius 2 is 2.12 bits per heavy atom. The molecule has 0 unspecified atom stereocenters. The Labute approximate surface area is 105 Å². The summed E-state index contributed by atoms with van der Waals surface area (Å²) >= 11 is 0. The lowest BCUT2D eigenvalue weighted by molar-refractivity contribution is 0.0693. The SMILES string of the molecule is CCC[C@H](N)c1c(F)ccc(C(=O)O)c1O.Cl. The van der Waals surface area contributed by atoms with E-state index < -0.39 is 23.6 Å². The number of carbonyl (C=O) groups is 1. The Hall–Kier alpha value is -1.33. The first-order chi connectivity index (χ1) is 7.49. The lowest BCUT2D eigenvalue weighted by atomic mass is 9.98. The minimum Gasteiger partial charge on any atom is -0.507 e. The van der Waals surface area contributed by atoms with E-state index in [9.17, 15) is 14.3 Å². The first-order valence-corrected chi connectivity index (χ1v) is 4.99. The fraction of sp³-hybridized carbons (Fsp3) is 0.364. The lowest BCUT2D eigenvalue weighted by Crippen LogP contribution is -2.13. The quantitative estimate of drug-likeness (QED) is 0.779. The third-order valence-electron chi connectivity index (χ3n) is 2.36. The summed E-state index contributed by atoms with van der Waals surface area (Å²) in [7, 11) is 0. The molecule has 0 aliphatic carbocycles. The molecule has 0 aliphatic heterocycles. The van der Waals surface area contributed by atoms with Crippen LogP contribution in [0.25, 0.3) is 0 Å². The van der Waals surface area contributed by atoms with Gasteiger partial charge in [0.1, 0.15) is 17.1 Å². The van der Waals surface area contributed by atoms with Gasteiger partial charge in [-0.3, -0.25) is 0 Å². The van der Waals surface area contributed by atoms with Crippen LogP contribution in [0.4, 0.5) is 4.39 Å². The van der Waals surface area contributed by atoms with Crippen LogP contribution in [0.2, 0.25) is 0 Å². The van der Waals surface area contributed by atoms with Crippen molar-refractivity contribution in [1.29, 1.82) is 0 Å². The van der Waals surface area contributed by atoms with Gasteiger partial charge in [-0.15, -0.1) is 12.4 Å². The van der Waals surface area contributed by atoms with E-state index in [4.69, 9.17) is 10.8 Å². The Morgan fingerprint density at radius 1 is 1.53 bits per heavy atom. The van der Waals surface area contributed by atoms with Crippen LogP contribution in [0, 0.1) is 5.82 Å². The molecule has 1 rings (SSSR count). The number of carboxylic acid groups (broad SMARTS) is 1. The Bertz CT molecular complexity index is 412. The predicted molar refractivity (Wildman–Crippen MR) is 64.1 cm³/mol. The van der Waals surface area contributed by atoms with Gasteiger partial charge in [-0.2, -0.15) is 0 Å². The predicted octanol–water partition coefficient (Wildman–Crippen LogP) is 2.45. The largest absolute Gasteiger partial charge is 0.507 e. The summed E-state index contributed by atoms with van der Waals surface area (Å²) in [4.78, 5) is 10.7. The first-order valence-electron chi connectivity index (χ1n) is 4.99. The topological polar surface area (TPSA) is 83.6 Å². The van der Waals surface area contributed by atoms with Crippen molar-refractivity contribution in [2.24, 2.45) is 5.73 Å². The molecule has 0 bridgehead atoms. The molecule has 0 radical (unpaired) electrons. The molecule has 1 atom stereocenters. The molecule has 1 aromatic carbocycles. The van der Waals surface area contributed by atoms with Crippen molar-refractivity contribution in [2.75, 3.05) is 0 Å². The van der Waals surface area contributed by atoms with Crippen molar-refractivity contribution in [1.82, 2.24) is 0 Å². The molecule has 6 heteroatoms. The maximum Gasteiger partial charge on any atom is 0.339 e. The van der Waals surface area contributed by atoms with Gasteiger partial charge in [0.15, 0.2) is 0 Å². The van der Waals surface area contributed by atoms with Crippen LogP contribution in [-0.2, 0) is 0 Å². The minimum atomic E-state index is -1.30. The zero-order valence-corrected chi connectivity index (χ0v) is 10.1. The highest BCUT2D eigenvalue weighted by Gasteiger charge is 2.21. The van der Waals surface area contributed by atoms with Gasteiger partial charge in [0.25, 0.3) is 0 Å². The highest BCUT2D eigenvalue weighted by molar-refractivity contribution is 5.91. The van der Waals surface area contributed by atoms with Crippen LogP contribution in [0.5, 0.6) is 5.75 Å². The summed E-state index contributed by atoms with van der Waals surface area (Å²) in [6, 6.07) is 1.34. The molecule has 1 aromatic rings. The van der Waals surface area contributed by atoms with Crippen LogP contribution in [0.15, 0.2) is 12.1 Å². The smallest absolute Gasteiger partial charge is 0.339 e. The zero-order chi connectivity index (χ0) is 12.3. The summed E-state index contributed by atoms with van der Waals surface area (Å²) in [6.45, 7) is 1.87. The number of nitrogens with two attached hydrogens (primary N) is 1. The summed E-state index contributed by atoms with van der Waals surface area (Å²) < 4.78 is 13.4. The number of carboxylic acids is 1. The molecule has 4 nitrogen and oxygen atoms in total. The van der Waals surface area contributed by atoms with Gasteiger partial charge in [-0.1, -0.05) is 13.3 Å². The molecule has 0 fully saturated rings. The Balaban J connectivity index is 0.00000256. The fourth-order valence-electron chi connectivity index (χ4n) is 1.56. The van der Waals surface area contributed by atoms with E-state index in [1.165, 1.54) is 0 Å². The van der Waals surface area contributed by atoms with Gasteiger partial charge in [0.05, 0.1) is 0 Å². The molecule has 0 amide bonds. The third kappa shape index (κ3) is 3.31. The van der Waals surface area contributed by atoms with Crippen molar-refractivity contribution in [3.63, 3.8) is 0 Å². The zero-order valence-electron chi connectivity index (χ0n) is 9.31. The molecule has 0 heterocycles.